The summed E-state index contributed by atoms with van der Waals surface area (Å²) in [5.74, 6) is 0.164. The van der Waals surface area contributed by atoms with E-state index in [1.807, 2.05) is 140 Å². The third kappa shape index (κ3) is 18.7. The third-order valence-corrected chi connectivity index (χ3v) is 28.4. The maximum atomic E-state index is 14.3. The molecule has 11 heteroatoms. The van der Waals surface area contributed by atoms with Crippen LogP contribution in [0.15, 0.2) is 268 Å². The Morgan fingerprint density at radius 1 is 0.500 bits per heavy atom. The fourth-order valence-corrected chi connectivity index (χ4v) is 21.9. The van der Waals surface area contributed by atoms with E-state index in [2.05, 4.69) is 200 Å². The predicted octanol–water partition coefficient (Wildman–Crippen LogP) is 16.0. The number of halogens is 1. The van der Waals surface area contributed by atoms with Crippen LogP contribution in [0.5, 0.6) is 0 Å². The molecule has 0 unspecified atom stereocenters. The lowest BCUT2D eigenvalue weighted by Crippen LogP contribution is -2.67. The maximum absolute atomic E-state index is 14.3. The monoisotopic (exact) mass is 1350 g/mol. The zero-order chi connectivity index (χ0) is 65.3. The summed E-state index contributed by atoms with van der Waals surface area (Å²) in [5.41, 5.74) is 3.36. The molecule has 8 aromatic carbocycles. The molecule has 2 N–H and O–H groups in total. The molecule has 8 rings (SSSR count). The normalized spacial score (nSPS) is 14.1. The van der Waals surface area contributed by atoms with Gasteiger partial charge >= 0.3 is 0 Å². The van der Waals surface area contributed by atoms with Gasteiger partial charge in [0.2, 0.25) is 11.8 Å². The van der Waals surface area contributed by atoms with Gasteiger partial charge in [0.25, 0.3) is 16.6 Å². The number of rotatable bonds is 26. The van der Waals surface area contributed by atoms with Crippen LogP contribution < -0.4 is 20.7 Å². The first-order valence-electron chi connectivity index (χ1n) is 31.6. The number of hydrogen-bond donors (Lipinski definition) is 2. The molecule has 0 aliphatic carbocycles. The van der Waals surface area contributed by atoms with Crippen LogP contribution in [-0.4, -0.2) is 79.7 Å². The molecule has 0 aromatic heterocycles. The van der Waals surface area contributed by atoms with E-state index in [9.17, 15) is 19.8 Å². The average molecular weight is 1350 g/mol. The van der Waals surface area contributed by atoms with Gasteiger partial charge in [-0.2, -0.15) is 0 Å². The zero-order valence-corrected chi connectivity index (χ0v) is 58.9. The second-order valence-electron chi connectivity index (χ2n) is 25.5. The molecule has 90 heavy (non-hydrogen) atoms. The fraction of sp³-hybridized carbons (Fsp3) is 0.316. The van der Waals surface area contributed by atoms with Crippen LogP contribution in [0.25, 0.3) is 0 Å². The first-order valence-corrected chi connectivity index (χ1v) is 36.9. The highest BCUT2D eigenvalue weighted by Crippen LogP contribution is 2.41. The van der Waals surface area contributed by atoms with Crippen LogP contribution in [-0.2, 0) is 18.4 Å². The largest absolute Gasteiger partial charge is 0.407 e. The number of carbonyl (C=O) groups is 2. The predicted molar refractivity (Wildman–Crippen MR) is 389 cm³/mol. The van der Waals surface area contributed by atoms with Gasteiger partial charge in [0.05, 0.1) is 12.1 Å². The summed E-state index contributed by atoms with van der Waals surface area (Å²) in [7, 11) is -1.58. The van der Waals surface area contributed by atoms with Crippen LogP contribution in [0.3, 0.4) is 0 Å². The van der Waals surface area contributed by atoms with Crippen LogP contribution in [0.1, 0.15) is 128 Å². The second-order valence-corrected chi connectivity index (χ2v) is 34.9. The van der Waals surface area contributed by atoms with Crippen LogP contribution in [0, 0.1) is 11.8 Å². The minimum absolute atomic E-state index is 0.00580. The van der Waals surface area contributed by atoms with E-state index < -0.39 is 40.9 Å². The van der Waals surface area contributed by atoms with E-state index >= 15 is 0 Å². The number of benzene rings is 8. The summed E-state index contributed by atoms with van der Waals surface area (Å²) in [6, 6.07) is 80.3. The van der Waals surface area contributed by atoms with Gasteiger partial charge in [-0.05, 0) is 85.2 Å². The fourth-order valence-electron chi connectivity index (χ4n) is 12.2. The number of aliphatic hydroxyl groups excluding tert-OH is 2. The van der Waals surface area contributed by atoms with Crippen LogP contribution in [0.4, 0.5) is 0 Å². The molecule has 0 saturated heterocycles. The molecule has 0 radical (unpaired) electrons. The Morgan fingerprint density at radius 2 is 0.822 bits per heavy atom. The highest BCUT2D eigenvalue weighted by atomic mass is 127. The molecule has 474 valence electrons. The van der Waals surface area contributed by atoms with Crippen molar-refractivity contribution in [2.75, 3.05) is 25.1 Å². The summed E-state index contributed by atoms with van der Waals surface area (Å²) in [4.78, 5) is 30.1. The molecule has 0 aliphatic rings. The summed E-state index contributed by atoms with van der Waals surface area (Å²) in [6.07, 6.45) is 3.74. The molecule has 0 aliphatic heterocycles. The summed E-state index contributed by atoms with van der Waals surface area (Å²) < 4.78 is 15.3. The van der Waals surface area contributed by atoms with Gasteiger partial charge < -0.3 is 28.9 Å². The lowest BCUT2D eigenvalue weighted by molar-refractivity contribution is -0.140. The molecule has 0 saturated carbocycles. The van der Waals surface area contributed by atoms with E-state index in [1.165, 1.54) is 20.7 Å². The van der Waals surface area contributed by atoms with Crippen molar-refractivity contribution in [3.8, 4) is 0 Å². The van der Waals surface area contributed by atoms with Crippen LogP contribution >= 0.6 is 22.6 Å². The van der Waals surface area contributed by atoms with Crippen molar-refractivity contribution in [1.29, 1.82) is 0 Å². The Morgan fingerprint density at radius 3 is 1.14 bits per heavy atom. The number of aliphatic hydroxyl groups is 2. The molecule has 0 spiro atoms. The molecule has 0 bridgehead atoms. The molecule has 0 heterocycles. The Labute approximate surface area is 555 Å². The summed E-state index contributed by atoms with van der Waals surface area (Å²) >= 11 is 2.45. The highest BCUT2D eigenvalue weighted by molar-refractivity contribution is 14.1. The van der Waals surface area contributed by atoms with E-state index in [1.54, 1.807) is 30.0 Å². The van der Waals surface area contributed by atoms with Crippen molar-refractivity contribution in [3.05, 3.63) is 290 Å². The van der Waals surface area contributed by atoms with Gasteiger partial charge in [-0.15, -0.1) is 13.2 Å². The number of likely N-dealkylation sites (N-methyl/N-ethyl adjacent to an activating group) is 2. The average Bonchev–Trinajstić information content (AvgIpc) is 0.792. The van der Waals surface area contributed by atoms with Crippen molar-refractivity contribution in [2.45, 2.75) is 122 Å². The lowest BCUT2D eigenvalue weighted by Gasteiger charge is -2.45. The number of hydrogen-bond acceptors (Lipinski definition) is 6. The molecular weight excluding hydrogens is 1260 g/mol. The Hall–Kier alpha value is -6.82. The number of alkyl halides is 1. The first kappa shape index (κ1) is 72.2. The minimum Gasteiger partial charge on any atom is -0.407 e. The Bertz CT molecular complexity index is 3280. The quantitative estimate of drug-likeness (QED) is 0.0243. The van der Waals surface area contributed by atoms with E-state index in [0.29, 0.717) is 31.6 Å². The summed E-state index contributed by atoms with van der Waals surface area (Å²) in [6.45, 7) is 26.6. The lowest BCUT2D eigenvalue weighted by atomic mass is 9.91. The van der Waals surface area contributed by atoms with E-state index in [0.717, 1.165) is 33.3 Å². The summed E-state index contributed by atoms with van der Waals surface area (Å²) in [5, 5.41) is 27.5. The molecule has 8 aromatic rings. The number of allylic oxidation sites excluding steroid dienone is 2. The van der Waals surface area contributed by atoms with E-state index in [-0.39, 0.29) is 33.9 Å². The van der Waals surface area contributed by atoms with Crippen LogP contribution in [0.2, 0.25) is 10.1 Å². The SMILES string of the molecule is C=CCCC(=O)N(C)[C@H](c1ccccc1)[C@H](O)c1ccccc1.C=CC[C@@H](C[C@@H](C)O[Si](c1ccccc1)(c1ccccc1)C(C)(C)C)C(=O)N(C)[C@H](c1ccccc1)[C@H](O)c1ccccc1.C[C@H](CI)CO[Si](c1ccccc1)(c1ccccc1)C(C)(C)C. The molecule has 2 amide bonds. The maximum Gasteiger partial charge on any atom is 0.261 e. The minimum atomic E-state index is -2.79. The third-order valence-electron chi connectivity index (χ3n) is 16.8. The number of amides is 2. The van der Waals surface area contributed by atoms with Crippen molar-refractivity contribution in [1.82, 2.24) is 9.80 Å². The molecule has 0 fully saturated rings. The molecular formula is C79H97IN2O6Si2. The Balaban J connectivity index is 0.000000236. The number of nitrogens with zero attached hydrogens (tertiary/aromatic N) is 2. The van der Waals surface area contributed by atoms with E-state index in [4.69, 9.17) is 8.85 Å². The van der Waals surface area contributed by atoms with Gasteiger partial charge in [0.1, 0.15) is 12.2 Å². The highest BCUT2D eigenvalue weighted by Gasteiger charge is 2.52. The van der Waals surface area contributed by atoms with Crippen molar-refractivity contribution in [2.24, 2.45) is 11.8 Å². The van der Waals surface area contributed by atoms with Gasteiger partial charge in [-0.1, -0.05) is 326 Å². The van der Waals surface area contributed by atoms with Crippen molar-refractivity contribution >= 4 is 71.8 Å². The topological polar surface area (TPSA) is 99.5 Å². The Kier molecular flexibility index (Phi) is 28.2. The second kappa shape index (κ2) is 35.1. The number of carbonyl (C=O) groups excluding carboxylic acids is 2. The standard InChI is InChI=1S/C39H47NO3Si.C20H27IOSi.C20H23NO2/c1-7-20-33(38(42)40(6)36(31-21-12-8-13-22-31)37(41)32-23-14-9-15-24-32)29-30(2)43-44(39(3,4)5,34-25-16-10-17-26-34)35-27-18-11-19-28-35;1-17(15-21)16-22-23(20(2,3)4,18-11-7-5-8-12-18)19-13-9-6-10-14-19;1-3-4-15-18(22)21(2)19(16-11-7-5-8-12-16)20(23)17-13-9-6-10-14-17/h7-19,21-28,30,33,36-37,41H,1,20,29H2,2-6H3;5-14,17H,15-16H2,1-4H3;3,5-14,19-20,23H,1,4,15H2,2H3/t30-,33+,36-,37-;17-;19-,20-/m111/s1. The van der Waals surface area contributed by atoms with Crippen molar-refractivity contribution < 1.29 is 28.7 Å². The van der Waals surface area contributed by atoms with Gasteiger partial charge in [-0.3, -0.25) is 9.59 Å². The molecule has 8 nitrogen and oxygen atoms in total. The van der Waals surface area contributed by atoms with Gasteiger partial charge in [0, 0.05) is 43.6 Å². The smallest absolute Gasteiger partial charge is 0.261 e. The van der Waals surface area contributed by atoms with Gasteiger partial charge in [0.15, 0.2) is 0 Å². The van der Waals surface area contributed by atoms with Crippen molar-refractivity contribution in [3.63, 3.8) is 0 Å². The zero-order valence-electron chi connectivity index (χ0n) is 54.7. The molecule has 7 atom stereocenters. The van der Waals surface area contributed by atoms with Gasteiger partial charge in [-0.25, -0.2) is 0 Å². The first-order chi connectivity index (χ1) is 43.2.